The minimum Gasteiger partial charge on any atom is -0.271 e. The topological polar surface area (TPSA) is 38.0 Å². The summed E-state index contributed by atoms with van der Waals surface area (Å²) in [7, 11) is 0. The first-order chi connectivity index (χ1) is 9.02. The van der Waals surface area contributed by atoms with Crippen molar-refractivity contribution in [3.63, 3.8) is 0 Å². The molecule has 19 heavy (non-hydrogen) atoms. The average Bonchev–Trinajstić information content (AvgIpc) is 2.38. The Kier molecular flexibility index (Phi) is 4.73. The van der Waals surface area contributed by atoms with Crippen LogP contribution in [0.4, 0.5) is 4.39 Å². The molecular weight excluding hydrogens is 375 g/mol. The third-order valence-electron chi connectivity index (χ3n) is 2.99. The van der Waals surface area contributed by atoms with Gasteiger partial charge in [-0.3, -0.25) is 5.84 Å². The number of hydrazine groups is 1. The predicted octanol–water partition coefficient (Wildman–Crippen LogP) is 4.21. The van der Waals surface area contributed by atoms with Crippen LogP contribution in [0.1, 0.15) is 22.7 Å². The van der Waals surface area contributed by atoms with Crippen LogP contribution in [0.25, 0.3) is 0 Å². The van der Waals surface area contributed by atoms with Crippen molar-refractivity contribution < 1.29 is 4.39 Å². The lowest BCUT2D eigenvalue weighted by atomic mass is 9.95. The molecule has 0 amide bonds. The Morgan fingerprint density at radius 2 is 1.63 bits per heavy atom. The Morgan fingerprint density at radius 1 is 1.05 bits per heavy atom. The highest BCUT2D eigenvalue weighted by Gasteiger charge is 2.19. The van der Waals surface area contributed by atoms with Crippen molar-refractivity contribution in [1.82, 2.24) is 5.43 Å². The maximum atomic E-state index is 14.0. The van der Waals surface area contributed by atoms with Gasteiger partial charge in [-0.2, -0.15) is 0 Å². The predicted molar refractivity (Wildman–Crippen MR) is 82.1 cm³/mol. The van der Waals surface area contributed by atoms with Crippen molar-refractivity contribution in [2.45, 2.75) is 13.0 Å². The van der Waals surface area contributed by atoms with E-state index in [4.69, 9.17) is 5.84 Å². The molecule has 2 rings (SSSR count). The van der Waals surface area contributed by atoms with Crippen LogP contribution in [0.15, 0.2) is 45.3 Å². The van der Waals surface area contributed by atoms with E-state index in [1.54, 1.807) is 12.1 Å². The molecule has 0 saturated heterocycles. The molecule has 0 bridgehead atoms. The molecule has 0 saturated carbocycles. The summed E-state index contributed by atoms with van der Waals surface area (Å²) in [5.74, 6) is 5.34. The number of aryl methyl sites for hydroxylation is 1. The number of nitrogens with one attached hydrogen (secondary N) is 1. The highest BCUT2D eigenvalue weighted by atomic mass is 79.9. The quantitative estimate of drug-likeness (QED) is 0.611. The Bertz CT molecular complexity index is 550. The summed E-state index contributed by atoms with van der Waals surface area (Å²) in [6.45, 7) is 1.97. The number of benzene rings is 2. The normalized spacial score (nSPS) is 12.5. The minimum absolute atomic E-state index is 0.287. The largest absolute Gasteiger partial charge is 0.271 e. The van der Waals surface area contributed by atoms with Gasteiger partial charge in [0.05, 0.1) is 6.04 Å². The van der Waals surface area contributed by atoms with E-state index in [1.807, 2.05) is 25.1 Å². The van der Waals surface area contributed by atoms with Crippen LogP contribution in [-0.2, 0) is 0 Å². The van der Waals surface area contributed by atoms with E-state index in [0.29, 0.717) is 5.56 Å². The minimum atomic E-state index is -0.394. The molecule has 0 heterocycles. The zero-order valence-electron chi connectivity index (χ0n) is 10.3. The molecule has 2 aromatic carbocycles. The maximum Gasteiger partial charge on any atom is 0.128 e. The SMILES string of the molecule is Cc1ccc(Br)cc1C(NN)c1cc(Br)ccc1F. The van der Waals surface area contributed by atoms with Gasteiger partial charge in [0.25, 0.3) is 0 Å². The standard InChI is InChI=1S/C14H13Br2FN2/c1-8-2-3-9(15)6-11(8)14(19-18)12-7-10(16)4-5-13(12)17/h2-7,14,19H,18H2,1H3. The van der Waals surface area contributed by atoms with Crippen LogP contribution in [0.3, 0.4) is 0 Å². The molecule has 3 N–H and O–H groups in total. The summed E-state index contributed by atoms with van der Waals surface area (Å²) in [5, 5.41) is 0. The Hall–Kier alpha value is -0.750. The third kappa shape index (κ3) is 3.23. The molecule has 2 nitrogen and oxygen atoms in total. The Balaban J connectivity index is 2.55. The van der Waals surface area contributed by atoms with Crippen molar-refractivity contribution in [1.29, 1.82) is 0 Å². The smallest absolute Gasteiger partial charge is 0.128 e. The van der Waals surface area contributed by atoms with Crippen molar-refractivity contribution in [2.75, 3.05) is 0 Å². The zero-order valence-corrected chi connectivity index (χ0v) is 13.4. The summed E-state index contributed by atoms with van der Waals surface area (Å²) in [5.41, 5.74) is 5.19. The lowest BCUT2D eigenvalue weighted by molar-refractivity contribution is 0.558. The first kappa shape index (κ1) is 14.7. The van der Waals surface area contributed by atoms with Crippen molar-refractivity contribution >= 4 is 31.9 Å². The first-order valence-electron chi connectivity index (χ1n) is 5.70. The molecule has 0 aliphatic rings. The van der Waals surface area contributed by atoms with Gasteiger partial charge in [-0.25, -0.2) is 9.82 Å². The summed E-state index contributed by atoms with van der Waals surface area (Å²) in [4.78, 5) is 0. The highest BCUT2D eigenvalue weighted by Crippen LogP contribution is 2.30. The van der Waals surface area contributed by atoms with E-state index >= 15 is 0 Å². The molecule has 0 spiro atoms. The van der Waals surface area contributed by atoms with Crippen LogP contribution in [0.2, 0.25) is 0 Å². The molecule has 1 atom stereocenters. The lowest BCUT2D eigenvalue weighted by Crippen LogP contribution is -2.30. The third-order valence-corrected chi connectivity index (χ3v) is 3.97. The molecule has 0 radical (unpaired) electrons. The monoisotopic (exact) mass is 386 g/mol. The lowest BCUT2D eigenvalue weighted by Gasteiger charge is -2.20. The van der Waals surface area contributed by atoms with Crippen LogP contribution in [-0.4, -0.2) is 0 Å². The van der Waals surface area contributed by atoms with Gasteiger partial charge in [0.1, 0.15) is 5.82 Å². The van der Waals surface area contributed by atoms with Crippen molar-refractivity contribution in [3.05, 3.63) is 67.9 Å². The molecule has 0 aliphatic carbocycles. The van der Waals surface area contributed by atoms with E-state index in [2.05, 4.69) is 37.3 Å². The number of rotatable bonds is 3. The molecule has 0 aliphatic heterocycles. The second-order valence-corrected chi connectivity index (χ2v) is 6.10. The van der Waals surface area contributed by atoms with Gasteiger partial charge in [-0.1, -0.05) is 37.9 Å². The zero-order chi connectivity index (χ0) is 14.0. The Morgan fingerprint density at radius 3 is 2.26 bits per heavy atom. The van der Waals surface area contributed by atoms with Crippen molar-refractivity contribution in [3.8, 4) is 0 Å². The van der Waals surface area contributed by atoms with Crippen LogP contribution < -0.4 is 11.3 Å². The number of hydrogen-bond donors (Lipinski definition) is 2. The first-order valence-corrected chi connectivity index (χ1v) is 7.28. The second kappa shape index (κ2) is 6.13. The summed E-state index contributed by atoms with van der Waals surface area (Å²) in [6.07, 6.45) is 0. The fourth-order valence-electron chi connectivity index (χ4n) is 2.01. The van der Waals surface area contributed by atoms with Crippen LogP contribution >= 0.6 is 31.9 Å². The molecule has 0 fully saturated rings. The van der Waals surface area contributed by atoms with Gasteiger partial charge in [0.15, 0.2) is 0 Å². The summed E-state index contributed by atoms with van der Waals surface area (Å²) >= 11 is 6.78. The number of halogens is 3. The van der Waals surface area contributed by atoms with Gasteiger partial charge in [-0.15, -0.1) is 0 Å². The molecule has 100 valence electrons. The van der Waals surface area contributed by atoms with Gasteiger partial charge in [0, 0.05) is 14.5 Å². The number of hydrogen-bond acceptors (Lipinski definition) is 2. The van der Waals surface area contributed by atoms with Gasteiger partial charge in [-0.05, 0) is 48.4 Å². The van der Waals surface area contributed by atoms with E-state index < -0.39 is 6.04 Å². The van der Waals surface area contributed by atoms with Gasteiger partial charge < -0.3 is 0 Å². The molecule has 0 aromatic heterocycles. The van der Waals surface area contributed by atoms with Gasteiger partial charge in [0.2, 0.25) is 0 Å². The van der Waals surface area contributed by atoms with E-state index in [0.717, 1.165) is 20.1 Å². The summed E-state index contributed by atoms with van der Waals surface area (Å²) in [6, 6.07) is 10.3. The average molecular weight is 388 g/mol. The van der Waals surface area contributed by atoms with Crippen LogP contribution in [0.5, 0.6) is 0 Å². The fourth-order valence-corrected chi connectivity index (χ4v) is 2.76. The summed E-state index contributed by atoms with van der Waals surface area (Å²) < 4.78 is 15.7. The van der Waals surface area contributed by atoms with Crippen molar-refractivity contribution in [2.24, 2.45) is 5.84 Å². The van der Waals surface area contributed by atoms with Crippen LogP contribution in [0, 0.1) is 12.7 Å². The molecule has 2 aromatic rings. The number of nitrogens with two attached hydrogens (primary N) is 1. The Labute approximate surface area is 128 Å². The van der Waals surface area contributed by atoms with Gasteiger partial charge >= 0.3 is 0 Å². The molecule has 1 unspecified atom stereocenters. The molecular formula is C14H13Br2FN2. The second-order valence-electron chi connectivity index (χ2n) is 4.27. The maximum absolute atomic E-state index is 14.0. The fraction of sp³-hybridized carbons (Fsp3) is 0.143. The van der Waals surface area contributed by atoms with E-state index in [9.17, 15) is 4.39 Å². The van der Waals surface area contributed by atoms with E-state index in [-0.39, 0.29) is 5.82 Å². The highest BCUT2D eigenvalue weighted by molar-refractivity contribution is 9.10. The van der Waals surface area contributed by atoms with E-state index in [1.165, 1.54) is 6.07 Å². The molecule has 5 heteroatoms.